The summed E-state index contributed by atoms with van der Waals surface area (Å²) in [5, 5.41) is 4.74. The zero-order valence-corrected chi connectivity index (χ0v) is 15.2. The van der Waals surface area contributed by atoms with Crippen LogP contribution in [0.2, 0.25) is 0 Å². The van der Waals surface area contributed by atoms with Gasteiger partial charge in [-0.15, -0.1) is 11.3 Å². The molecular weight excluding hydrogens is 334 g/mol. The molecule has 2 heterocycles. The highest BCUT2D eigenvalue weighted by Crippen LogP contribution is 2.23. The fraction of sp³-hybridized carbons (Fsp3) is 0.263. The fourth-order valence-electron chi connectivity index (χ4n) is 2.81. The fourth-order valence-corrected chi connectivity index (χ4v) is 3.66. The first-order chi connectivity index (χ1) is 12.1. The number of benzene rings is 1. The number of likely N-dealkylation sites (N-methyl/N-ethyl adjacent to an activating group) is 1. The second kappa shape index (κ2) is 7.53. The van der Waals surface area contributed by atoms with E-state index in [0.717, 1.165) is 15.8 Å². The van der Waals surface area contributed by atoms with Crippen LogP contribution in [-0.2, 0) is 18.4 Å². The van der Waals surface area contributed by atoms with Gasteiger partial charge >= 0.3 is 0 Å². The number of carbonyl (C=O) groups excluding carboxylic acids is 2. The first kappa shape index (κ1) is 17.2. The van der Waals surface area contributed by atoms with Gasteiger partial charge in [0, 0.05) is 20.1 Å². The van der Waals surface area contributed by atoms with Crippen molar-refractivity contribution in [3.8, 4) is 0 Å². The lowest BCUT2D eigenvalue weighted by Crippen LogP contribution is -2.40. The van der Waals surface area contributed by atoms with Gasteiger partial charge in [0.1, 0.15) is 5.69 Å². The maximum absolute atomic E-state index is 12.4. The molecule has 0 bridgehead atoms. The molecule has 0 saturated carbocycles. The third-order valence-corrected chi connectivity index (χ3v) is 5.10. The summed E-state index contributed by atoms with van der Waals surface area (Å²) in [5.41, 5.74) is 2.67. The largest absolute Gasteiger partial charge is 0.342 e. The Kier molecular flexibility index (Phi) is 5.19. The molecule has 5 nitrogen and oxygen atoms in total. The van der Waals surface area contributed by atoms with E-state index in [9.17, 15) is 9.59 Å². The van der Waals surface area contributed by atoms with E-state index in [1.54, 1.807) is 16.2 Å². The third-order valence-electron chi connectivity index (χ3n) is 4.25. The van der Waals surface area contributed by atoms with Crippen molar-refractivity contribution in [3.05, 3.63) is 59.1 Å². The molecule has 2 aromatic heterocycles. The van der Waals surface area contributed by atoms with Crippen LogP contribution in [0.15, 0.2) is 47.8 Å². The lowest BCUT2D eigenvalue weighted by molar-refractivity contribution is -0.130. The second-order valence-corrected chi connectivity index (χ2v) is 6.78. The van der Waals surface area contributed by atoms with E-state index in [2.05, 4.69) is 5.32 Å². The van der Waals surface area contributed by atoms with Gasteiger partial charge in [-0.3, -0.25) is 9.59 Å². The number of aromatic nitrogens is 1. The average molecular weight is 355 g/mol. The van der Waals surface area contributed by atoms with E-state index < -0.39 is 0 Å². The van der Waals surface area contributed by atoms with Crippen LogP contribution >= 0.6 is 11.3 Å². The maximum atomic E-state index is 12.4. The van der Waals surface area contributed by atoms with Crippen molar-refractivity contribution in [2.75, 3.05) is 13.1 Å². The molecule has 3 rings (SSSR count). The lowest BCUT2D eigenvalue weighted by atomic mass is 10.2. The van der Waals surface area contributed by atoms with Crippen molar-refractivity contribution in [1.29, 1.82) is 0 Å². The summed E-state index contributed by atoms with van der Waals surface area (Å²) in [4.78, 5) is 26.6. The highest BCUT2D eigenvalue weighted by atomic mass is 32.1. The van der Waals surface area contributed by atoms with Crippen molar-refractivity contribution >= 4 is 33.4 Å². The first-order valence-electron chi connectivity index (χ1n) is 8.23. The molecule has 3 aromatic rings. The second-order valence-electron chi connectivity index (χ2n) is 5.83. The molecule has 2 amide bonds. The van der Waals surface area contributed by atoms with Gasteiger partial charge in [0.05, 0.1) is 16.8 Å². The molecule has 1 aromatic carbocycles. The number of nitrogens with zero attached hydrogens (tertiary/aromatic N) is 2. The van der Waals surface area contributed by atoms with Crippen molar-refractivity contribution in [3.63, 3.8) is 0 Å². The Morgan fingerprint density at radius 2 is 1.96 bits per heavy atom. The molecule has 0 fully saturated rings. The molecule has 0 aliphatic heterocycles. The summed E-state index contributed by atoms with van der Waals surface area (Å²) in [7, 11) is 1.86. The van der Waals surface area contributed by atoms with Crippen LogP contribution in [0.3, 0.4) is 0 Å². The van der Waals surface area contributed by atoms with Gasteiger partial charge in [-0.2, -0.15) is 0 Å². The Hall–Kier alpha value is -2.60. The lowest BCUT2D eigenvalue weighted by Gasteiger charge is -2.21. The minimum atomic E-state index is -0.227. The number of amides is 2. The average Bonchev–Trinajstić information content (AvgIpc) is 3.21. The Balaban J connectivity index is 1.61. The van der Waals surface area contributed by atoms with E-state index >= 15 is 0 Å². The summed E-state index contributed by atoms with van der Waals surface area (Å²) in [6.07, 6.45) is 0. The van der Waals surface area contributed by atoms with Crippen molar-refractivity contribution in [2.45, 2.75) is 13.5 Å². The quantitative estimate of drug-likeness (QED) is 0.739. The molecule has 0 aliphatic rings. The number of rotatable bonds is 6. The van der Waals surface area contributed by atoms with Crippen molar-refractivity contribution in [1.82, 2.24) is 14.8 Å². The minimum Gasteiger partial charge on any atom is -0.342 e. The van der Waals surface area contributed by atoms with Crippen LogP contribution < -0.4 is 5.32 Å². The predicted octanol–water partition coefficient (Wildman–Crippen LogP) is 3.02. The van der Waals surface area contributed by atoms with E-state index in [1.165, 1.54) is 0 Å². The number of hydrogen-bond acceptors (Lipinski definition) is 3. The van der Waals surface area contributed by atoms with Crippen LogP contribution in [0.4, 0.5) is 0 Å². The molecule has 130 valence electrons. The van der Waals surface area contributed by atoms with Gasteiger partial charge in [-0.05, 0) is 30.0 Å². The zero-order chi connectivity index (χ0) is 17.8. The van der Waals surface area contributed by atoms with Gasteiger partial charge in [0.25, 0.3) is 5.91 Å². The molecule has 0 aliphatic carbocycles. The van der Waals surface area contributed by atoms with Gasteiger partial charge < -0.3 is 14.8 Å². The predicted molar refractivity (Wildman–Crippen MR) is 101 cm³/mol. The number of nitrogens with one attached hydrogen (secondary N) is 1. The standard InChI is InChI=1S/C19H21N3O2S/c1-3-22(13-14-7-5-4-6-8-14)18(23)12-20-19(24)16-11-17-15(21(16)2)9-10-25-17/h4-11H,3,12-13H2,1-2H3,(H,20,24). The molecule has 6 heteroatoms. The summed E-state index contributed by atoms with van der Waals surface area (Å²) in [6.45, 7) is 3.09. The van der Waals surface area contributed by atoms with E-state index in [4.69, 9.17) is 0 Å². The Labute approximate surface area is 150 Å². The Bertz CT molecular complexity index is 883. The van der Waals surface area contributed by atoms with Gasteiger partial charge in [0.2, 0.25) is 5.91 Å². The van der Waals surface area contributed by atoms with Gasteiger partial charge in [0.15, 0.2) is 0 Å². The summed E-state index contributed by atoms with van der Waals surface area (Å²) in [6, 6.07) is 13.7. The molecule has 0 atom stereocenters. The summed E-state index contributed by atoms with van der Waals surface area (Å²) in [5.74, 6) is -0.314. The molecule has 0 saturated heterocycles. The maximum Gasteiger partial charge on any atom is 0.268 e. The SMILES string of the molecule is CCN(Cc1ccccc1)C(=O)CNC(=O)c1cc2sccc2n1C. The number of hydrogen-bond donors (Lipinski definition) is 1. The highest BCUT2D eigenvalue weighted by molar-refractivity contribution is 7.17. The molecule has 0 spiro atoms. The van der Waals surface area contributed by atoms with Crippen molar-refractivity contribution < 1.29 is 9.59 Å². The molecular formula is C19H21N3O2S. The minimum absolute atomic E-state index is 0.00165. The molecule has 25 heavy (non-hydrogen) atoms. The normalized spacial score (nSPS) is 10.8. The van der Waals surface area contributed by atoms with Crippen LogP contribution in [0, 0.1) is 0 Å². The van der Waals surface area contributed by atoms with Crippen LogP contribution in [0.1, 0.15) is 23.0 Å². The number of fused-ring (bicyclic) bond motifs is 1. The molecule has 0 unspecified atom stereocenters. The van der Waals surface area contributed by atoms with Gasteiger partial charge in [-0.1, -0.05) is 30.3 Å². The first-order valence-corrected chi connectivity index (χ1v) is 9.11. The zero-order valence-electron chi connectivity index (χ0n) is 14.4. The number of carbonyl (C=O) groups is 2. The van der Waals surface area contributed by atoms with Crippen molar-refractivity contribution in [2.24, 2.45) is 7.05 Å². The van der Waals surface area contributed by atoms with Crippen LogP contribution in [-0.4, -0.2) is 34.4 Å². The monoisotopic (exact) mass is 355 g/mol. The summed E-state index contributed by atoms with van der Waals surface area (Å²) < 4.78 is 2.92. The van der Waals surface area contributed by atoms with Crippen LogP contribution in [0.5, 0.6) is 0 Å². The summed E-state index contributed by atoms with van der Waals surface area (Å²) >= 11 is 1.60. The van der Waals surface area contributed by atoms with E-state index in [1.807, 2.05) is 66.4 Å². The Morgan fingerprint density at radius 3 is 2.64 bits per heavy atom. The molecule has 1 N–H and O–H groups in total. The van der Waals surface area contributed by atoms with E-state index in [0.29, 0.717) is 18.8 Å². The molecule has 0 radical (unpaired) electrons. The smallest absolute Gasteiger partial charge is 0.268 e. The third kappa shape index (κ3) is 3.74. The Morgan fingerprint density at radius 1 is 1.20 bits per heavy atom. The number of aryl methyl sites for hydroxylation is 1. The van der Waals surface area contributed by atoms with E-state index in [-0.39, 0.29) is 18.4 Å². The van der Waals surface area contributed by atoms with Crippen LogP contribution in [0.25, 0.3) is 10.2 Å². The highest BCUT2D eigenvalue weighted by Gasteiger charge is 2.17. The van der Waals surface area contributed by atoms with Gasteiger partial charge in [-0.25, -0.2) is 0 Å². The number of thiophene rings is 1. The topological polar surface area (TPSA) is 54.3 Å².